The van der Waals surface area contributed by atoms with E-state index in [1.54, 1.807) is 28.0 Å². The van der Waals surface area contributed by atoms with Gasteiger partial charge < -0.3 is 15.1 Å². The minimum atomic E-state index is -1.68. The van der Waals surface area contributed by atoms with Crippen molar-refractivity contribution in [2.24, 2.45) is 0 Å². The number of hydrogen-bond donors (Lipinski definition) is 2. The largest absolute Gasteiger partial charge is 0.479 e. The predicted molar refractivity (Wildman–Crippen MR) is 81.6 cm³/mol. The van der Waals surface area contributed by atoms with Crippen LogP contribution in [0.5, 0.6) is 0 Å². The van der Waals surface area contributed by atoms with Crippen LogP contribution in [0, 0.1) is 0 Å². The molecule has 3 rings (SSSR count). The summed E-state index contributed by atoms with van der Waals surface area (Å²) in [6, 6.07) is 2.02. The first-order valence-electron chi connectivity index (χ1n) is 6.94. The number of amides is 1. The van der Waals surface area contributed by atoms with Crippen LogP contribution in [-0.2, 0) is 16.0 Å². The highest BCUT2D eigenvalue weighted by Crippen LogP contribution is 2.41. The second-order valence-electron chi connectivity index (χ2n) is 5.46. The van der Waals surface area contributed by atoms with E-state index in [0.717, 1.165) is 17.7 Å². The van der Waals surface area contributed by atoms with Crippen LogP contribution < -0.4 is 0 Å². The third-order valence-corrected chi connectivity index (χ3v) is 6.43. The van der Waals surface area contributed by atoms with Crippen LogP contribution in [-0.4, -0.2) is 51.4 Å². The summed E-state index contributed by atoms with van der Waals surface area (Å²) in [5.74, 6) is -0.204. The van der Waals surface area contributed by atoms with Crippen molar-refractivity contribution < 1.29 is 19.8 Å². The number of thioether (sulfide) groups is 1. The first-order chi connectivity index (χ1) is 10.0. The Bertz CT molecular complexity index is 563. The van der Waals surface area contributed by atoms with Crippen molar-refractivity contribution in [3.8, 4) is 0 Å². The molecule has 114 valence electrons. The molecule has 1 fully saturated rings. The molecule has 1 amide bonds. The minimum absolute atomic E-state index is 0.0480. The maximum atomic E-state index is 12.7. The van der Waals surface area contributed by atoms with E-state index < -0.39 is 11.6 Å². The number of aliphatic hydroxyl groups is 1. The van der Waals surface area contributed by atoms with E-state index in [1.807, 2.05) is 11.4 Å². The monoisotopic (exact) mass is 327 g/mol. The average Bonchev–Trinajstić information content (AvgIpc) is 2.95. The molecule has 3 heterocycles. The minimum Gasteiger partial charge on any atom is -0.479 e. The summed E-state index contributed by atoms with van der Waals surface area (Å²) >= 11 is 3.35. The van der Waals surface area contributed by atoms with Crippen molar-refractivity contribution in [2.75, 3.05) is 18.8 Å². The van der Waals surface area contributed by atoms with Gasteiger partial charge in [0.1, 0.15) is 5.25 Å². The quantitative estimate of drug-likeness (QED) is 0.861. The Labute approximate surface area is 131 Å². The maximum Gasteiger partial charge on any atom is 0.335 e. The molecule has 1 unspecified atom stereocenters. The molecule has 0 aliphatic carbocycles. The standard InChI is InChI=1S/C14H17NO4S2/c16-12(11-9-1-7-20-10(9)2-8-21-11)15-5-3-14(19,4-6-15)13(17)18/h1,7,11,19H,2-6,8H2,(H,17,18). The molecule has 1 aromatic rings. The van der Waals surface area contributed by atoms with Gasteiger partial charge in [0, 0.05) is 30.8 Å². The Hall–Kier alpha value is -1.05. The zero-order chi connectivity index (χ0) is 15.0. The number of likely N-dealkylation sites (tertiary alicyclic amines) is 1. The molecule has 0 aromatic carbocycles. The van der Waals surface area contributed by atoms with Gasteiger partial charge in [-0.15, -0.1) is 23.1 Å². The maximum absolute atomic E-state index is 12.7. The number of carboxylic acids is 1. The lowest BCUT2D eigenvalue weighted by Gasteiger charge is -2.37. The highest BCUT2D eigenvalue weighted by atomic mass is 32.2. The van der Waals surface area contributed by atoms with Gasteiger partial charge in [-0.2, -0.15) is 0 Å². The van der Waals surface area contributed by atoms with Crippen molar-refractivity contribution in [3.63, 3.8) is 0 Å². The van der Waals surface area contributed by atoms with Crippen LogP contribution >= 0.6 is 23.1 Å². The fourth-order valence-corrected chi connectivity index (χ4v) is 5.20. The normalized spacial score (nSPS) is 24.4. The molecule has 0 bridgehead atoms. The fraction of sp³-hybridized carbons (Fsp3) is 0.571. The van der Waals surface area contributed by atoms with Gasteiger partial charge in [-0.25, -0.2) is 4.79 Å². The average molecular weight is 327 g/mol. The fourth-order valence-electron chi connectivity index (χ4n) is 2.83. The molecule has 0 spiro atoms. The van der Waals surface area contributed by atoms with E-state index >= 15 is 0 Å². The molecule has 1 aromatic heterocycles. The Morgan fingerprint density at radius 3 is 2.71 bits per heavy atom. The molecule has 2 aliphatic heterocycles. The van der Waals surface area contributed by atoms with E-state index in [9.17, 15) is 14.7 Å². The summed E-state index contributed by atoms with van der Waals surface area (Å²) < 4.78 is 0. The van der Waals surface area contributed by atoms with Crippen molar-refractivity contribution in [2.45, 2.75) is 30.1 Å². The highest BCUT2D eigenvalue weighted by molar-refractivity contribution is 8.00. The van der Waals surface area contributed by atoms with Crippen LogP contribution in [0.15, 0.2) is 11.4 Å². The summed E-state index contributed by atoms with van der Waals surface area (Å²) in [6.07, 6.45) is 1.21. The number of piperidine rings is 1. The molecular weight excluding hydrogens is 310 g/mol. The van der Waals surface area contributed by atoms with E-state index in [-0.39, 0.29) is 24.0 Å². The first-order valence-corrected chi connectivity index (χ1v) is 8.86. The van der Waals surface area contributed by atoms with Crippen LogP contribution in [0.2, 0.25) is 0 Å². The Balaban J connectivity index is 1.70. The Kier molecular flexibility index (Phi) is 3.98. The molecule has 1 saturated heterocycles. The second kappa shape index (κ2) is 5.62. The van der Waals surface area contributed by atoms with Crippen molar-refractivity contribution in [3.05, 3.63) is 21.9 Å². The smallest absolute Gasteiger partial charge is 0.335 e. The van der Waals surface area contributed by atoms with Gasteiger partial charge >= 0.3 is 5.97 Å². The SMILES string of the molecule is O=C(C1SCCc2sccc21)N1CCC(O)(C(=O)O)CC1. The summed E-state index contributed by atoms with van der Waals surface area (Å²) in [7, 11) is 0. The molecule has 21 heavy (non-hydrogen) atoms. The van der Waals surface area contributed by atoms with E-state index in [4.69, 9.17) is 5.11 Å². The number of thiophene rings is 1. The number of carbonyl (C=O) groups excluding carboxylic acids is 1. The molecular formula is C14H17NO4S2. The van der Waals surface area contributed by atoms with Gasteiger partial charge in [0.05, 0.1) is 0 Å². The Morgan fingerprint density at radius 1 is 1.33 bits per heavy atom. The van der Waals surface area contributed by atoms with E-state index in [0.29, 0.717) is 13.1 Å². The molecule has 2 N–H and O–H groups in total. The topological polar surface area (TPSA) is 77.8 Å². The summed E-state index contributed by atoms with van der Waals surface area (Å²) in [6.45, 7) is 0.607. The summed E-state index contributed by atoms with van der Waals surface area (Å²) in [5.41, 5.74) is -0.565. The summed E-state index contributed by atoms with van der Waals surface area (Å²) in [5, 5.41) is 20.8. The number of carbonyl (C=O) groups is 2. The molecule has 0 saturated carbocycles. The zero-order valence-electron chi connectivity index (χ0n) is 11.4. The highest BCUT2D eigenvalue weighted by Gasteiger charge is 2.42. The zero-order valence-corrected chi connectivity index (χ0v) is 13.1. The molecule has 5 nitrogen and oxygen atoms in total. The lowest BCUT2D eigenvalue weighted by molar-refractivity contribution is -0.165. The number of rotatable bonds is 2. The van der Waals surface area contributed by atoms with Gasteiger partial charge in [0.25, 0.3) is 0 Å². The van der Waals surface area contributed by atoms with E-state index in [2.05, 4.69) is 0 Å². The summed E-state index contributed by atoms with van der Waals surface area (Å²) in [4.78, 5) is 26.7. The van der Waals surface area contributed by atoms with Crippen molar-refractivity contribution in [1.29, 1.82) is 0 Å². The number of aliphatic carboxylic acids is 1. The third kappa shape index (κ3) is 2.69. The lowest BCUT2D eigenvalue weighted by atomic mass is 9.91. The number of aryl methyl sites for hydroxylation is 1. The third-order valence-electron chi connectivity index (χ3n) is 4.20. The number of carboxylic acid groups (broad SMARTS) is 1. The molecule has 7 heteroatoms. The van der Waals surface area contributed by atoms with Crippen LogP contribution in [0.3, 0.4) is 0 Å². The van der Waals surface area contributed by atoms with Gasteiger partial charge in [0.15, 0.2) is 5.60 Å². The predicted octanol–water partition coefficient (Wildman–Crippen LogP) is 1.52. The molecule has 2 aliphatic rings. The Morgan fingerprint density at radius 2 is 2.05 bits per heavy atom. The number of nitrogens with zero attached hydrogens (tertiary/aromatic N) is 1. The number of hydrogen-bond acceptors (Lipinski definition) is 5. The number of fused-ring (bicyclic) bond motifs is 1. The first kappa shape index (κ1) is 14.9. The molecule has 0 radical (unpaired) electrons. The van der Waals surface area contributed by atoms with Crippen molar-refractivity contribution >= 4 is 35.0 Å². The van der Waals surface area contributed by atoms with Crippen LogP contribution in [0.25, 0.3) is 0 Å². The second-order valence-corrected chi connectivity index (χ2v) is 7.68. The van der Waals surface area contributed by atoms with Gasteiger partial charge in [-0.1, -0.05) is 0 Å². The molecule has 1 atom stereocenters. The van der Waals surface area contributed by atoms with Gasteiger partial charge in [0.2, 0.25) is 5.91 Å². The van der Waals surface area contributed by atoms with Gasteiger partial charge in [-0.3, -0.25) is 4.79 Å². The van der Waals surface area contributed by atoms with E-state index in [1.165, 1.54) is 4.88 Å². The van der Waals surface area contributed by atoms with Crippen LogP contribution in [0.4, 0.5) is 0 Å². The lowest BCUT2D eigenvalue weighted by Crippen LogP contribution is -2.51. The van der Waals surface area contributed by atoms with Crippen LogP contribution in [0.1, 0.15) is 28.5 Å². The van der Waals surface area contributed by atoms with Crippen molar-refractivity contribution in [1.82, 2.24) is 4.90 Å². The van der Waals surface area contributed by atoms with Gasteiger partial charge in [-0.05, 0) is 29.2 Å².